The second-order valence-corrected chi connectivity index (χ2v) is 4.42. The van der Waals surface area contributed by atoms with Crippen LogP contribution in [0.4, 0.5) is 13.2 Å². The maximum absolute atomic E-state index is 12.4. The van der Waals surface area contributed by atoms with E-state index in [0.717, 1.165) is 25.1 Å². The molecule has 1 fully saturated rings. The molecule has 0 bridgehead atoms. The molecule has 17 heavy (non-hydrogen) atoms. The van der Waals surface area contributed by atoms with Gasteiger partial charge < -0.3 is 4.57 Å². The van der Waals surface area contributed by atoms with E-state index in [-0.39, 0.29) is 6.04 Å². The zero-order chi connectivity index (χ0) is 12.5. The van der Waals surface area contributed by atoms with Crippen LogP contribution in [0.15, 0.2) is 12.5 Å². The molecule has 96 valence electrons. The van der Waals surface area contributed by atoms with E-state index in [9.17, 15) is 13.2 Å². The van der Waals surface area contributed by atoms with Crippen molar-refractivity contribution in [2.75, 3.05) is 6.54 Å². The van der Waals surface area contributed by atoms with Crippen LogP contribution in [-0.4, -0.2) is 33.2 Å². The largest absolute Gasteiger partial charge is 0.401 e. The van der Waals surface area contributed by atoms with Gasteiger partial charge in [0.05, 0.1) is 18.6 Å². The highest BCUT2D eigenvalue weighted by Gasteiger charge is 2.38. The Hall–Kier alpha value is -1.04. The van der Waals surface area contributed by atoms with E-state index in [1.165, 1.54) is 4.90 Å². The standard InChI is InChI=1S/C11H16F3N3/c1-2-16-8-15-5-10(16)6-17(9-3-4-9)7-11(12,13)14/h5,8-9H,2-4,6-7H2,1H3. The minimum Gasteiger partial charge on any atom is -0.334 e. The molecule has 3 nitrogen and oxygen atoms in total. The second kappa shape index (κ2) is 4.68. The van der Waals surface area contributed by atoms with Gasteiger partial charge in [-0.15, -0.1) is 0 Å². The van der Waals surface area contributed by atoms with Crippen molar-refractivity contribution in [2.24, 2.45) is 0 Å². The first-order valence-corrected chi connectivity index (χ1v) is 5.79. The molecule has 0 spiro atoms. The molecule has 0 atom stereocenters. The fraction of sp³-hybridized carbons (Fsp3) is 0.727. The number of nitrogens with zero attached hydrogens (tertiary/aromatic N) is 3. The van der Waals surface area contributed by atoms with Gasteiger partial charge in [-0.1, -0.05) is 0 Å². The maximum atomic E-state index is 12.4. The third-order valence-electron chi connectivity index (χ3n) is 2.95. The molecule has 6 heteroatoms. The summed E-state index contributed by atoms with van der Waals surface area (Å²) in [6.45, 7) is 2.20. The van der Waals surface area contributed by atoms with Crippen molar-refractivity contribution in [1.29, 1.82) is 0 Å². The SMILES string of the molecule is CCn1cncc1CN(CC(F)(F)F)C1CC1. The van der Waals surface area contributed by atoms with Crippen LogP contribution in [-0.2, 0) is 13.1 Å². The number of halogens is 3. The lowest BCUT2D eigenvalue weighted by Crippen LogP contribution is -2.36. The molecule has 0 N–H and O–H groups in total. The van der Waals surface area contributed by atoms with E-state index in [1.807, 2.05) is 11.5 Å². The Morgan fingerprint density at radius 2 is 2.18 bits per heavy atom. The second-order valence-electron chi connectivity index (χ2n) is 4.42. The van der Waals surface area contributed by atoms with Gasteiger partial charge in [-0.2, -0.15) is 13.2 Å². The molecule has 1 aromatic rings. The first-order valence-electron chi connectivity index (χ1n) is 5.79. The Balaban J connectivity index is 2.02. The fourth-order valence-corrected chi connectivity index (χ4v) is 1.96. The van der Waals surface area contributed by atoms with Crippen LogP contribution in [0.1, 0.15) is 25.5 Å². The van der Waals surface area contributed by atoms with E-state index in [1.54, 1.807) is 12.5 Å². The summed E-state index contributed by atoms with van der Waals surface area (Å²) in [5.41, 5.74) is 0.851. The molecule has 1 saturated carbocycles. The van der Waals surface area contributed by atoms with Crippen molar-refractivity contribution in [1.82, 2.24) is 14.5 Å². The summed E-state index contributed by atoms with van der Waals surface area (Å²) in [5.74, 6) is 0. The minimum atomic E-state index is -4.13. The van der Waals surface area contributed by atoms with Crippen molar-refractivity contribution in [3.63, 3.8) is 0 Å². The maximum Gasteiger partial charge on any atom is 0.401 e. The van der Waals surface area contributed by atoms with Gasteiger partial charge in [-0.05, 0) is 19.8 Å². The Morgan fingerprint density at radius 3 is 2.71 bits per heavy atom. The average molecular weight is 247 g/mol. The fourth-order valence-electron chi connectivity index (χ4n) is 1.96. The van der Waals surface area contributed by atoms with E-state index < -0.39 is 12.7 Å². The molecule has 2 rings (SSSR count). The smallest absolute Gasteiger partial charge is 0.334 e. The molecule has 0 unspecified atom stereocenters. The van der Waals surface area contributed by atoms with E-state index >= 15 is 0 Å². The lowest BCUT2D eigenvalue weighted by molar-refractivity contribution is -0.148. The lowest BCUT2D eigenvalue weighted by atomic mass is 10.3. The summed E-state index contributed by atoms with van der Waals surface area (Å²) in [4.78, 5) is 5.48. The van der Waals surface area contributed by atoms with E-state index in [4.69, 9.17) is 0 Å². The van der Waals surface area contributed by atoms with Gasteiger partial charge in [0.2, 0.25) is 0 Å². The number of imidazole rings is 1. The lowest BCUT2D eigenvalue weighted by Gasteiger charge is -2.23. The van der Waals surface area contributed by atoms with Crippen LogP contribution in [0.2, 0.25) is 0 Å². The predicted molar refractivity (Wildman–Crippen MR) is 57.4 cm³/mol. The topological polar surface area (TPSA) is 21.1 Å². The van der Waals surface area contributed by atoms with Gasteiger partial charge in [0, 0.05) is 25.3 Å². The van der Waals surface area contributed by atoms with E-state index in [2.05, 4.69) is 4.98 Å². The monoisotopic (exact) mass is 247 g/mol. The number of aromatic nitrogens is 2. The quantitative estimate of drug-likeness (QED) is 0.796. The summed E-state index contributed by atoms with van der Waals surface area (Å²) in [7, 11) is 0. The van der Waals surface area contributed by atoms with Crippen LogP contribution in [0.3, 0.4) is 0 Å². The number of rotatable bonds is 5. The third-order valence-corrected chi connectivity index (χ3v) is 2.95. The Morgan fingerprint density at radius 1 is 1.47 bits per heavy atom. The molecular formula is C11H16F3N3. The number of hydrogen-bond acceptors (Lipinski definition) is 2. The number of alkyl halides is 3. The molecule has 1 aromatic heterocycles. The Kier molecular flexibility index (Phi) is 3.42. The zero-order valence-electron chi connectivity index (χ0n) is 9.74. The average Bonchev–Trinajstić information content (AvgIpc) is 2.97. The van der Waals surface area contributed by atoms with Gasteiger partial charge in [-0.25, -0.2) is 4.98 Å². The Labute approximate surface area is 98.2 Å². The summed E-state index contributed by atoms with van der Waals surface area (Å²) in [6, 6.07) is 0.0943. The first-order chi connectivity index (χ1) is 7.99. The molecule has 0 saturated heterocycles. The normalized spacial score (nSPS) is 16.8. The molecule has 1 heterocycles. The summed E-state index contributed by atoms with van der Waals surface area (Å²) >= 11 is 0. The van der Waals surface area contributed by atoms with Crippen LogP contribution in [0.5, 0.6) is 0 Å². The Bertz CT molecular complexity index is 368. The first kappa shape index (κ1) is 12.4. The van der Waals surface area contributed by atoms with Gasteiger partial charge in [0.15, 0.2) is 0 Å². The molecule has 0 radical (unpaired) electrons. The molecule has 0 aliphatic heterocycles. The summed E-state index contributed by atoms with van der Waals surface area (Å²) in [6.07, 6.45) is 0.926. The van der Waals surface area contributed by atoms with Crippen molar-refractivity contribution in [2.45, 2.75) is 45.1 Å². The third kappa shape index (κ3) is 3.46. The minimum absolute atomic E-state index is 0.0943. The van der Waals surface area contributed by atoms with Crippen LogP contribution in [0, 0.1) is 0 Å². The van der Waals surface area contributed by atoms with Crippen molar-refractivity contribution in [3.05, 3.63) is 18.2 Å². The predicted octanol–water partition coefficient (Wildman–Crippen LogP) is 2.43. The van der Waals surface area contributed by atoms with E-state index in [0.29, 0.717) is 6.54 Å². The van der Waals surface area contributed by atoms with Crippen molar-refractivity contribution >= 4 is 0 Å². The zero-order valence-corrected chi connectivity index (χ0v) is 9.74. The molecule has 1 aliphatic rings. The van der Waals surface area contributed by atoms with Gasteiger partial charge >= 0.3 is 6.18 Å². The molecule has 0 aromatic carbocycles. The van der Waals surface area contributed by atoms with Crippen LogP contribution >= 0.6 is 0 Å². The highest BCUT2D eigenvalue weighted by atomic mass is 19.4. The summed E-state index contributed by atoms with van der Waals surface area (Å²) in [5, 5.41) is 0. The van der Waals surface area contributed by atoms with Crippen LogP contribution < -0.4 is 0 Å². The number of aryl methyl sites for hydroxylation is 1. The van der Waals surface area contributed by atoms with Crippen molar-refractivity contribution < 1.29 is 13.2 Å². The highest BCUT2D eigenvalue weighted by Crippen LogP contribution is 2.31. The van der Waals surface area contributed by atoms with Gasteiger partial charge in [0.1, 0.15) is 0 Å². The highest BCUT2D eigenvalue weighted by molar-refractivity contribution is 5.00. The van der Waals surface area contributed by atoms with Crippen molar-refractivity contribution in [3.8, 4) is 0 Å². The van der Waals surface area contributed by atoms with Gasteiger partial charge in [0.25, 0.3) is 0 Å². The molecular weight excluding hydrogens is 231 g/mol. The number of hydrogen-bond donors (Lipinski definition) is 0. The molecule has 1 aliphatic carbocycles. The molecule has 0 amide bonds. The van der Waals surface area contributed by atoms with Gasteiger partial charge in [-0.3, -0.25) is 4.90 Å². The summed E-state index contributed by atoms with van der Waals surface area (Å²) < 4.78 is 39.2. The van der Waals surface area contributed by atoms with Crippen LogP contribution in [0.25, 0.3) is 0 Å².